The zero-order chi connectivity index (χ0) is 13.0. The van der Waals surface area contributed by atoms with Gasteiger partial charge in [0.25, 0.3) is 0 Å². The zero-order valence-electron chi connectivity index (χ0n) is 10.5. The van der Waals surface area contributed by atoms with Crippen LogP contribution in [-0.4, -0.2) is 45.8 Å². The first-order chi connectivity index (χ1) is 8.66. The highest BCUT2D eigenvalue weighted by atomic mass is 32.2. The predicted molar refractivity (Wildman–Crippen MR) is 71.3 cm³/mol. The van der Waals surface area contributed by atoms with Crippen LogP contribution in [-0.2, 0) is 4.79 Å². The normalized spacial score (nSPS) is 24.0. The molecular weight excluding hydrogens is 248 g/mol. The van der Waals surface area contributed by atoms with Crippen molar-refractivity contribution in [1.29, 1.82) is 0 Å². The number of hydrogen-bond donors (Lipinski definition) is 1. The fourth-order valence-electron chi connectivity index (χ4n) is 2.03. The first kappa shape index (κ1) is 13.4. The molecule has 98 valence electrons. The maximum Gasteiger partial charge on any atom is 0.232 e. The summed E-state index contributed by atoms with van der Waals surface area (Å²) in [6.45, 7) is 3.32. The quantitative estimate of drug-likeness (QED) is 0.840. The summed E-state index contributed by atoms with van der Waals surface area (Å²) in [6.07, 6.45) is 3.88. The Morgan fingerprint density at radius 3 is 2.94 bits per heavy atom. The Morgan fingerprint density at radius 1 is 1.56 bits per heavy atom. The van der Waals surface area contributed by atoms with Gasteiger partial charge in [-0.05, 0) is 24.5 Å². The molecule has 0 bridgehead atoms. The van der Waals surface area contributed by atoms with Crippen LogP contribution < -0.4 is 0 Å². The Hall–Kier alpha value is -1.07. The minimum absolute atomic E-state index is 0.149. The summed E-state index contributed by atoms with van der Waals surface area (Å²) in [5.41, 5.74) is 0. The molecule has 0 radical (unpaired) electrons. The highest BCUT2D eigenvalue weighted by Crippen LogP contribution is 2.20. The fourth-order valence-corrected chi connectivity index (χ4v) is 2.82. The Labute approximate surface area is 111 Å². The summed E-state index contributed by atoms with van der Waals surface area (Å²) >= 11 is 1.53. The molecule has 1 aliphatic heterocycles. The van der Waals surface area contributed by atoms with Crippen molar-refractivity contribution in [3.8, 4) is 0 Å². The third-order valence-corrected chi connectivity index (χ3v) is 4.22. The Bertz CT molecular complexity index is 399. The van der Waals surface area contributed by atoms with E-state index in [2.05, 4.69) is 4.98 Å². The molecule has 18 heavy (non-hydrogen) atoms. The molecule has 1 N–H and O–H groups in total. The summed E-state index contributed by atoms with van der Waals surface area (Å²) in [4.78, 5) is 18.9. The van der Waals surface area contributed by atoms with E-state index < -0.39 is 0 Å². The Kier molecular flexibility index (Phi) is 4.60. The third kappa shape index (κ3) is 3.46. The number of amides is 1. The SMILES string of the molecule is CC1CN(C(=O)CSc2ccncc2)CCC1O. The minimum Gasteiger partial charge on any atom is -0.393 e. The summed E-state index contributed by atoms with van der Waals surface area (Å²) in [5.74, 6) is 0.775. The second-order valence-corrected chi connectivity index (χ2v) is 5.69. The summed E-state index contributed by atoms with van der Waals surface area (Å²) in [6, 6.07) is 3.81. The van der Waals surface area contributed by atoms with Crippen LogP contribution in [0.15, 0.2) is 29.4 Å². The van der Waals surface area contributed by atoms with Crippen LogP contribution in [0.2, 0.25) is 0 Å². The van der Waals surface area contributed by atoms with Gasteiger partial charge < -0.3 is 10.0 Å². The summed E-state index contributed by atoms with van der Waals surface area (Å²) in [7, 11) is 0. The van der Waals surface area contributed by atoms with Gasteiger partial charge >= 0.3 is 0 Å². The molecule has 1 aromatic heterocycles. The van der Waals surface area contributed by atoms with E-state index in [-0.39, 0.29) is 17.9 Å². The predicted octanol–water partition coefficient (Wildman–Crippen LogP) is 1.40. The fraction of sp³-hybridized carbons (Fsp3) is 0.538. The smallest absolute Gasteiger partial charge is 0.232 e. The molecule has 1 saturated heterocycles. The number of carbonyl (C=O) groups excluding carboxylic acids is 1. The molecule has 5 heteroatoms. The van der Waals surface area contributed by atoms with Gasteiger partial charge in [-0.1, -0.05) is 6.92 Å². The van der Waals surface area contributed by atoms with E-state index in [0.717, 1.165) is 4.90 Å². The van der Waals surface area contributed by atoms with Crippen LogP contribution in [0, 0.1) is 5.92 Å². The molecule has 1 aliphatic rings. The second-order valence-electron chi connectivity index (χ2n) is 4.64. The average Bonchev–Trinajstić information content (AvgIpc) is 2.40. The lowest BCUT2D eigenvalue weighted by molar-refractivity contribution is -0.131. The van der Waals surface area contributed by atoms with Crippen LogP contribution in [0.25, 0.3) is 0 Å². The zero-order valence-corrected chi connectivity index (χ0v) is 11.3. The van der Waals surface area contributed by atoms with Crippen LogP contribution in [0.5, 0.6) is 0 Å². The van der Waals surface area contributed by atoms with Crippen molar-refractivity contribution in [2.75, 3.05) is 18.8 Å². The van der Waals surface area contributed by atoms with Crippen molar-refractivity contribution in [3.05, 3.63) is 24.5 Å². The number of carbonyl (C=O) groups is 1. The van der Waals surface area contributed by atoms with E-state index in [1.807, 2.05) is 24.0 Å². The van der Waals surface area contributed by atoms with Crippen molar-refractivity contribution in [3.63, 3.8) is 0 Å². The molecule has 0 aliphatic carbocycles. The number of piperidine rings is 1. The number of thioether (sulfide) groups is 1. The monoisotopic (exact) mass is 266 g/mol. The van der Waals surface area contributed by atoms with Crippen molar-refractivity contribution >= 4 is 17.7 Å². The first-order valence-corrected chi connectivity index (χ1v) is 7.14. The Balaban J connectivity index is 1.82. The van der Waals surface area contributed by atoms with Crippen LogP contribution in [0.1, 0.15) is 13.3 Å². The van der Waals surface area contributed by atoms with Crippen molar-refractivity contribution in [2.24, 2.45) is 5.92 Å². The van der Waals surface area contributed by atoms with Gasteiger partial charge in [0.05, 0.1) is 11.9 Å². The number of rotatable bonds is 3. The number of pyridine rings is 1. The number of nitrogens with zero attached hydrogens (tertiary/aromatic N) is 2. The lowest BCUT2D eigenvalue weighted by Crippen LogP contribution is -2.45. The Morgan fingerprint density at radius 2 is 2.28 bits per heavy atom. The van der Waals surface area contributed by atoms with Crippen LogP contribution >= 0.6 is 11.8 Å². The van der Waals surface area contributed by atoms with Gasteiger partial charge in [-0.25, -0.2) is 0 Å². The standard InChI is InChI=1S/C13H18N2O2S/c1-10-8-15(7-4-12(10)16)13(17)9-18-11-2-5-14-6-3-11/h2-3,5-6,10,12,16H,4,7-9H2,1H3. The van der Waals surface area contributed by atoms with Gasteiger partial charge in [0.1, 0.15) is 0 Å². The van der Waals surface area contributed by atoms with Crippen molar-refractivity contribution < 1.29 is 9.90 Å². The topological polar surface area (TPSA) is 53.4 Å². The number of likely N-dealkylation sites (tertiary alicyclic amines) is 1. The highest BCUT2D eigenvalue weighted by molar-refractivity contribution is 8.00. The minimum atomic E-state index is -0.262. The molecular formula is C13H18N2O2S. The lowest BCUT2D eigenvalue weighted by atomic mass is 9.97. The van der Waals surface area contributed by atoms with E-state index in [4.69, 9.17) is 0 Å². The maximum absolute atomic E-state index is 12.0. The lowest BCUT2D eigenvalue weighted by Gasteiger charge is -2.34. The molecule has 0 saturated carbocycles. The van der Waals surface area contributed by atoms with Gasteiger partial charge in [-0.2, -0.15) is 0 Å². The average molecular weight is 266 g/mol. The van der Waals surface area contributed by atoms with Crippen molar-refractivity contribution in [2.45, 2.75) is 24.3 Å². The number of aliphatic hydroxyl groups excluding tert-OH is 1. The van der Waals surface area contributed by atoms with Gasteiger partial charge in [0, 0.05) is 30.4 Å². The molecule has 1 aromatic rings. The molecule has 1 amide bonds. The summed E-state index contributed by atoms with van der Waals surface area (Å²) in [5, 5.41) is 9.64. The molecule has 0 spiro atoms. The van der Waals surface area contributed by atoms with E-state index in [0.29, 0.717) is 25.3 Å². The van der Waals surface area contributed by atoms with E-state index >= 15 is 0 Å². The molecule has 1 fully saturated rings. The summed E-state index contributed by atoms with van der Waals surface area (Å²) < 4.78 is 0. The van der Waals surface area contributed by atoms with Gasteiger partial charge in [0.15, 0.2) is 0 Å². The van der Waals surface area contributed by atoms with E-state index in [1.54, 1.807) is 12.4 Å². The molecule has 2 heterocycles. The van der Waals surface area contributed by atoms with E-state index in [9.17, 15) is 9.90 Å². The van der Waals surface area contributed by atoms with Crippen LogP contribution in [0.4, 0.5) is 0 Å². The van der Waals surface area contributed by atoms with Crippen LogP contribution in [0.3, 0.4) is 0 Å². The number of hydrogen-bond acceptors (Lipinski definition) is 4. The highest BCUT2D eigenvalue weighted by Gasteiger charge is 2.26. The van der Waals surface area contributed by atoms with E-state index in [1.165, 1.54) is 11.8 Å². The maximum atomic E-state index is 12.0. The second kappa shape index (κ2) is 6.20. The number of aliphatic hydroxyl groups is 1. The molecule has 4 nitrogen and oxygen atoms in total. The molecule has 2 atom stereocenters. The molecule has 2 rings (SSSR count). The van der Waals surface area contributed by atoms with Crippen molar-refractivity contribution in [1.82, 2.24) is 9.88 Å². The first-order valence-electron chi connectivity index (χ1n) is 6.15. The molecule has 0 aromatic carbocycles. The van der Waals surface area contributed by atoms with Gasteiger partial charge in [0.2, 0.25) is 5.91 Å². The molecule has 2 unspecified atom stereocenters. The number of aromatic nitrogens is 1. The van der Waals surface area contributed by atoms with Gasteiger partial charge in [-0.15, -0.1) is 11.8 Å². The largest absolute Gasteiger partial charge is 0.393 e. The van der Waals surface area contributed by atoms with Gasteiger partial charge in [-0.3, -0.25) is 9.78 Å². The third-order valence-electron chi connectivity index (χ3n) is 3.22.